The van der Waals surface area contributed by atoms with E-state index in [-0.39, 0.29) is 25.0 Å². The first-order valence-corrected chi connectivity index (χ1v) is 11.1. The lowest BCUT2D eigenvalue weighted by Crippen LogP contribution is -2.25. The lowest BCUT2D eigenvalue weighted by Gasteiger charge is -2.08. The lowest BCUT2D eigenvalue weighted by molar-refractivity contribution is -0.147. The van der Waals surface area contributed by atoms with E-state index in [0.29, 0.717) is 24.1 Å². The van der Waals surface area contributed by atoms with Crippen LogP contribution in [0.1, 0.15) is 41.0 Å². The van der Waals surface area contributed by atoms with Gasteiger partial charge in [0.2, 0.25) is 0 Å². The Bertz CT molecular complexity index is 1070. The van der Waals surface area contributed by atoms with Gasteiger partial charge in [0.25, 0.3) is 11.8 Å². The first-order chi connectivity index (χ1) is 15.1. The fraction of sp³-hybridized carbons (Fsp3) is 0.304. The highest BCUT2D eigenvalue weighted by molar-refractivity contribution is 7.18. The number of carbonyl (C=O) groups is 3. The predicted molar refractivity (Wildman–Crippen MR) is 119 cm³/mol. The number of ether oxygens (including phenoxy) is 1. The molecular weight excluding hydrogens is 414 g/mol. The number of amides is 2. The number of hydrogen-bond donors (Lipinski definition) is 2. The summed E-state index contributed by atoms with van der Waals surface area (Å²) in [4.78, 5) is 40.7. The van der Waals surface area contributed by atoms with E-state index in [9.17, 15) is 14.4 Å². The second kappa shape index (κ2) is 9.70. The molecule has 0 unspecified atom stereocenters. The average Bonchev–Trinajstić information content (AvgIpc) is 3.48. The number of benzene rings is 2. The Morgan fingerprint density at radius 1 is 1.10 bits per heavy atom. The van der Waals surface area contributed by atoms with E-state index >= 15 is 0 Å². The first-order valence-electron chi connectivity index (χ1n) is 10.3. The van der Waals surface area contributed by atoms with Crippen LogP contribution >= 0.6 is 11.3 Å². The number of aromatic nitrogens is 1. The molecule has 0 aliphatic heterocycles. The topological polar surface area (TPSA) is 97.4 Å². The molecule has 1 heterocycles. The van der Waals surface area contributed by atoms with Gasteiger partial charge in [-0.05, 0) is 56.0 Å². The molecule has 8 heteroatoms. The molecule has 1 saturated carbocycles. The molecule has 0 bridgehead atoms. The number of fused-ring (bicyclic) bond motifs is 1. The summed E-state index contributed by atoms with van der Waals surface area (Å²) >= 11 is 1.62. The molecule has 4 rings (SSSR count). The van der Waals surface area contributed by atoms with Crippen molar-refractivity contribution >= 4 is 45.0 Å². The largest absolute Gasteiger partial charge is 0.456 e. The lowest BCUT2D eigenvalue weighted by atomic mass is 10.2. The van der Waals surface area contributed by atoms with Crippen LogP contribution in [-0.2, 0) is 20.7 Å². The maximum Gasteiger partial charge on any atom is 0.306 e. The molecule has 1 aromatic heterocycles. The molecule has 2 N–H and O–H groups in total. The summed E-state index contributed by atoms with van der Waals surface area (Å²) in [7, 11) is 0. The molecule has 7 nitrogen and oxygen atoms in total. The molecule has 0 saturated heterocycles. The number of thiazole rings is 1. The minimum absolute atomic E-state index is 0.154. The summed E-state index contributed by atoms with van der Waals surface area (Å²) < 4.78 is 6.19. The van der Waals surface area contributed by atoms with Crippen LogP contribution in [0.4, 0.5) is 5.69 Å². The number of aryl methyl sites for hydroxylation is 1. The smallest absolute Gasteiger partial charge is 0.306 e. The van der Waals surface area contributed by atoms with Gasteiger partial charge in [-0.2, -0.15) is 0 Å². The number of carbonyl (C=O) groups excluding carboxylic acids is 3. The third kappa shape index (κ3) is 6.11. The van der Waals surface area contributed by atoms with Crippen molar-refractivity contribution in [3.63, 3.8) is 0 Å². The second-order valence-electron chi connectivity index (χ2n) is 7.47. The van der Waals surface area contributed by atoms with Crippen LogP contribution in [0, 0.1) is 0 Å². The van der Waals surface area contributed by atoms with Gasteiger partial charge in [0.15, 0.2) is 6.61 Å². The summed E-state index contributed by atoms with van der Waals surface area (Å²) in [6, 6.07) is 14.9. The number of hydrogen-bond acceptors (Lipinski definition) is 6. The minimum atomic E-state index is -0.445. The van der Waals surface area contributed by atoms with Gasteiger partial charge < -0.3 is 15.4 Å². The van der Waals surface area contributed by atoms with Crippen molar-refractivity contribution in [2.75, 3.05) is 11.9 Å². The Hall–Kier alpha value is -3.26. The van der Waals surface area contributed by atoms with E-state index < -0.39 is 11.9 Å². The van der Waals surface area contributed by atoms with Gasteiger partial charge in [0, 0.05) is 23.7 Å². The number of nitrogens with zero attached hydrogens (tertiary/aromatic N) is 1. The number of nitrogens with one attached hydrogen (secondary N) is 2. The zero-order valence-electron chi connectivity index (χ0n) is 16.9. The Morgan fingerprint density at radius 3 is 2.74 bits per heavy atom. The molecule has 160 valence electrons. The van der Waals surface area contributed by atoms with Crippen molar-refractivity contribution in [1.82, 2.24) is 10.3 Å². The van der Waals surface area contributed by atoms with Crippen LogP contribution in [0.2, 0.25) is 0 Å². The highest BCUT2D eigenvalue weighted by Crippen LogP contribution is 2.23. The van der Waals surface area contributed by atoms with Crippen LogP contribution < -0.4 is 10.6 Å². The predicted octanol–water partition coefficient (Wildman–Crippen LogP) is 3.69. The summed E-state index contributed by atoms with van der Waals surface area (Å²) in [5.74, 6) is -1.02. The normalized spacial score (nSPS) is 13.0. The van der Waals surface area contributed by atoms with Crippen molar-refractivity contribution in [2.24, 2.45) is 0 Å². The van der Waals surface area contributed by atoms with E-state index in [2.05, 4.69) is 15.6 Å². The van der Waals surface area contributed by atoms with Crippen molar-refractivity contribution in [3.8, 4) is 0 Å². The van der Waals surface area contributed by atoms with Gasteiger partial charge in [0.05, 0.1) is 15.2 Å². The zero-order valence-corrected chi connectivity index (χ0v) is 17.7. The molecule has 1 fully saturated rings. The number of para-hydroxylation sites is 1. The summed E-state index contributed by atoms with van der Waals surface area (Å²) in [5.41, 5.74) is 1.94. The van der Waals surface area contributed by atoms with Gasteiger partial charge in [-0.1, -0.05) is 18.2 Å². The van der Waals surface area contributed by atoms with Crippen molar-refractivity contribution in [1.29, 1.82) is 0 Å². The third-order valence-corrected chi connectivity index (χ3v) is 5.89. The van der Waals surface area contributed by atoms with Gasteiger partial charge >= 0.3 is 5.97 Å². The number of rotatable bonds is 9. The van der Waals surface area contributed by atoms with E-state index in [1.165, 1.54) is 0 Å². The summed E-state index contributed by atoms with van der Waals surface area (Å²) in [5, 5.41) is 6.54. The van der Waals surface area contributed by atoms with E-state index in [0.717, 1.165) is 28.1 Å². The maximum absolute atomic E-state index is 12.1. The standard InChI is InChI=1S/C23H23N3O4S/c27-20(24-17-6-3-5-15(13-17)23(29)25-16-11-12-16)14-30-22(28)10-4-9-21-26-18-7-1-2-8-19(18)31-21/h1-3,5-8,13,16H,4,9-12,14H2,(H,24,27)(H,25,29). The van der Waals surface area contributed by atoms with Crippen LogP contribution in [0.5, 0.6) is 0 Å². The minimum Gasteiger partial charge on any atom is -0.456 e. The van der Waals surface area contributed by atoms with Crippen LogP contribution in [0.25, 0.3) is 10.2 Å². The highest BCUT2D eigenvalue weighted by Gasteiger charge is 2.23. The summed E-state index contributed by atoms with van der Waals surface area (Å²) in [6.45, 7) is -0.363. The maximum atomic E-state index is 12.1. The van der Waals surface area contributed by atoms with Gasteiger partial charge in [-0.15, -0.1) is 11.3 Å². The third-order valence-electron chi connectivity index (χ3n) is 4.80. The molecule has 1 aliphatic carbocycles. The quantitative estimate of drug-likeness (QED) is 0.498. The van der Waals surface area contributed by atoms with Crippen LogP contribution in [0.3, 0.4) is 0 Å². The number of anilines is 1. The second-order valence-corrected chi connectivity index (χ2v) is 8.58. The number of esters is 1. The van der Waals surface area contributed by atoms with Crippen molar-refractivity contribution in [3.05, 3.63) is 59.1 Å². The van der Waals surface area contributed by atoms with Gasteiger partial charge in [-0.3, -0.25) is 14.4 Å². The van der Waals surface area contributed by atoms with Crippen molar-refractivity contribution in [2.45, 2.75) is 38.1 Å². The molecule has 2 amide bonds. The van der Waals surface area contributed by atoms with E-state index in [1.54, 1.807) is 35.6 Å². The van der Waals surface area contributed by atoms with Gasteiger partial charge in [-0.25, -0.2) is 4.98 Å². The highest BCUT2D eigenvalue weighted by atomic mass is 32.1. The molecule has 0 atom stereocenters. The molecule has 1 aliphatic rings. The molecular formula is C23H23N3O4S. The molecule has 2 aromatic carbocycles. The Labute approximate surface area is 183 Å². The van der Waals surface area contributed by atoms with Crippen LogP contribution in [-0.4, -0.2) is 35.4 Å². The molecule has 0 spiro atoms. The van der Waals surface area contributed by atoms with E-state index in [4.69, 9.17) is 4.74 Å². The van der Waals surface area contributed by atoms with Crippen molar-refractivity contribution < 1.29 is 19.1 Å². The fourth-order valence-corrected chi connectivity index (χ4v) is 4.07. The Morgan fingerprint density at radius 2 is 1.94 bits per heavy atom. The fourth-order valence-electron chi connectivity index (χ4n) is 3.06. The first kappa shape index (κ1) is 21.0. The monoisotopic (exact) mass is 437 g/mol. The average molecular weight is 438 g/mol. The zero-order chi connectivity index (χ0) is 21.6. The molecule has 3 aromatic rings. The van der Waals surface area contributed by atoms with Crippen LogP contribution in [0.15, 0.2) is 48.5 Å². The molecule has 31 heavy (non-hydrogen) atoms. The molecule has 0 radical (unpaired) electrons. The Kier molecular flexibility index (Phi) is 6.57. The SMILES string of the molecule is O=C(COC(=O)CCCc1nc2ccccc2s1)Nc1cccc(C(=O)NC2CC2)c1. The van der Waals surface area contributed by atoms with E-state index in [1.807, 2.05) is 24.3 Å². The Balaban J connectivity index is 1.18. The summed E-state index contributed by atoms with van der Waals surface area (Å²) in [6.07, 6.45) is 3.54. The van der Waals surface area contributed by atoms with Gasteiger partial charge in [0.1, 0.15) is 0 Å².